The minimum absolute atomic E-state index is 0.249. The van der Waals surface area contributed by atoms with Gasteiger partial charge in [-0.2, -0.15) is 5.10 Å². The Bertz CT molecular complexity index is 423. The summed E-state index contributed by atoms with van der Waals surface area (Å²) in [5.74, 6) is 0. The van der Waals surface area contributed by atoms with Crippen molar-refractivity contribution < 1.29 is 4.74 Å². The van der Waals surface area contributed by atoms with E-state index in [0.29, 0.717) is 0 Å². The molecule has 4 heteroatoms. The molecule has 1 aliphatic rings. The highest BCUT2D eigenvalue weighted by Crippen LogP contribution is 2.29. The maximum atomic E-state index is 5.48. The molecule has 100 valence electrons. The first-order valence-electron chi connectivity index (χ1n) is 6.76. The van der Waals surface area contributed by atoms with Crippen molar-refractivity contribution in [2.24, 2.45) is 7.05 Å². The molecule has 2 heterocycles. The highest BCUT2D eigenvalue weighted by molar-refractivity contribution is 5.29. The van der Waals surface area contributed by atoms with Crippen LogP contribution in [-0.2, 0) is 11.8 Å². The van der Waals surface area contributed by atoms with E-state index >= 15 is 0 Å². The maximum Gasteiger partial charge on any atom is 0.0876 e. The molecular formula is C14H23N3O. The van der Waals surface area contributed by atoms with Gasteiger partial charge < -0.3 is 10.1 Å². The van der Waals surface area contributed by atoms with Gasteiger partial charge in [-0.15, -0.1) is 0 Å². The first kappa shape index (κ1) is 13.1. The second-order valence-corrected chi connectivity index (χ2v) is 4.86. The van der Waals surface area contributed by atoms with Crippen LogP contribution in [-0.4, -0.2) is 22.9 Å². The third-order valence-electron chi connectivity index (χ3n) is 3.52. The lowest BCUT2D eigenvalue weighted by Gasteiger charge is -2.24. The van der Waals surface area contributed by atoms with Crippen molar-refractivity contribution in [1.29, 1.82) is 0 Å². The molecule has 0 amide bonds. The van der Waals surface area contributed by atoms with Gasteiger partial charge in [0.1, 0.15) is 0 Å². The van der Waals surface area contributed by atoms with Crippen LogP contribution in [0.15, 0.2) is 18.0 Å². The third kappa shape index (κ3) is 2.75. The van der Waals surface area contributed by atoms with E-state index < -0.39 is 0 Å². The summed E-state index contributed by atoms with van der Waals surface area (Å²) in [4.78, 5) is 0. The molecule has 2 rings (SSSR count). The summed E-state index contributed by atoms with van der Waals surface area (Å²) in [6, 6.07) is 0.249. The van der Waals surface area contributed by atoms with Gasteiger partial charge in [0.05, 0.1) is 25.1 Å². The number of aryl methyl sites for hydroxylation is 1. The van der Waals surface area contributed by atoms with E-state index in [1.54, 1.807) is 0 Å². The van der Waals surface area contributed by atoms with Crippen LogP contribution in [0.1, 0.15) is 43.5 Å². The Morgan fingerprint density at radius 2 is 2.39 bits per heavy atom. The lowest BCUT2D eigenvalue weighted by Crippen LogP contribution is -2.25. The average molecular weight is 249 g/mol. The zero-order chi connectivity index (χ0) is 13.0. The van der Waals surface area contributed by atoms with Gasteiger partial charge in [0.2, 0.25) is 0 Å². The van der Waals surface area contributed by atoms with Crippen molar-refractivity contribution in [1.82, 2.24) is 15.1 Å². The molecule has 0 saturated heterocycles. The van der Waals surface area contributed by atoms with Crippen LogP contribution in [0.5, 0.6) is 0 Å². The summed E-state index contributed by atoms with van der Waals surface area (Å²) in [6.45, 7) is 6.16. The summed E-state index contributed by atoms with van der Waals surface area (Å²) < 4.78 is 7.41. The van der Waals surface area contributed by atoms with Gasteiger partial charge >= 0.3 is 0 Å². The molecule has 0 aliphatic carbocycles. The first-order chi connectivity index (χ1) is 8.74. The average Bonchev–Trinajstić information content (AvgIpc) is 2.73. The molecule has 18 heavy (non-hydrogen) atoms. The Labute approximate surface area is 109 Å². The van der Waals surface area contributed by atoms with Gasteiger partial charge in [-0.05, 0) is 38.3 Å². The van der Waals surface area contributed by atoms with Gasteiger partial charge in [0.15, 0.2) is 0 Å². The number of rotatable bonds is 5. The van der Waals surface area contributed by atoms with E-state index in [1.165, 1.54) is 16.8 Å². The lowest BCUT2D eigenvalue weighted by molar-refractivity contribution is 0.219. The Morgan fingerprint density at radius 3 is 2.94 bits per heavy atom. The second kappa shape index (κ2) is 6.05. The standard InChI is InChI=1S/C14H23N3O/c1-4-7-15-14(12-6-5-8-18-10-12)13-9-16-17(3)11(13)2/h9-10,14-15H,4-8H2,1-3H3. The van der Waals surface area contributed by atoms with Crippen molar-refractivity contribution in [3.63, 3.8) is 0 Å². The van der Waals surface area contributed by atoms with Gasteiger partial charge in [0.25, 0.3) is 0 Å². The van der Waals surface area contributed by atoms with E-state index in [4.69, 9.17) is 4.74 Å². The normalized spacial score (nSPS) is 17.2. The first-order valence-corrected chi connectivity index (χ1v) is 6.76. The van der Waals surface area contributed by atoms with Crippen LogP contribution < -0.4 is 5.32 Å². The Hall–Kier alpha value is -1.29. The topological polar surface area (TPSA) is 39.1 Å². The SMILES string of the molecule is CCCNC(C1=COCCC1)c1cnn(C)c1C. The number of nitrogens with one attached hydrogen (secondary N) is 1. The van der Waals surface area contributed by atoms with E-state index in [9.17, 15) is 0 Å². The molecule has 0 spiro atoms. The van der Waals surface area contributed by atoms with Crippen molar-refractivity contribution >= 4 is 0 Å². The molecule has 1 unspecified atom stereocenters. The predicted octanol–water partition coefficient (Wildman–Crippen LogP) is 2.46. The summed E-state index contributed by atoms with van der Waals surface area (Å²) in [7, 11) is 1.99. The smallest absolute Gasteiger partial charge is 0.0876 e. The zero-order valence-corrected chi connectivity index (χ0v) is 11.6. The molecule has 0 saturated carbocycles. The fourth-order valence-corrected chi connectivity index (χ4v) is 2.33. The van der Waals surface area contributed by atoms with Crippen LogP contribution >= 0.6 is 0 Å². The quantitative estimate of drug-likeness (QED) is 0.871. The number of hydrogen-bond acceptors (Lipinski definition) is 3. The lowest BCUT2D eigenvalue weighted by atomic mass is 9.95. The van der Waals surface area contributed by atoms with Crippen LogP contribution in [0.25, 0.3) is 0 Å². The van der Waals surface area contributed by atoms with E-state index in [-0.39, 0.29) is 6.04 Å². The van der Waals surface area contributed by atoms with E-state index in [2.05, 4.69) is 24.3 Å². The van der Waals surface area contributed by atoms with Crippen molar-refractivity contribution in [2.75, 3.05) is 13.2 Å². The van der Waals surface area contributed by atoms with Gasteiger partial charge in [-0.3, -0.25) is 4.68 Å². The highest BCUT2D eigenvalue weighted by atomic mass is 16.5. The monoisotopic (exact) mass is 249 g/mol. The van der Waals surface area contributed by atoms with Gasteiger partial charge in [-0.25, -0.2) is 0 Å². The van der Waals surface area contributed by atoms with Crippen LogP contribution in [0.2, 0.25) is 0 Å². The zero-order valence-electron chi connectivity index (χ0n) is 11.6. The number of aromatic nitrogens is 2. The number of nitrogens with zero attached hydrogens (tertiary/aromatic N) is 2. The highest BCUT2D eigenvalue weighted by Gasteiger charge is 2.21. The molecule has 4 nitrogen and oxygen atoms in total. The second-order valence-electron chi connectivity index (χ2n) is 4.86. The van der Waals surface area contributed by atoms with Crippen LogP contribution in [0.4, 0.5) is 0 Å². The minimum Gasteiger partial charge on any atom is -0.501 e. The summed E-state index contributed by atoms with van der Waals surface area (Å²) in [5.41, 5.74) is 3.82. The minimum atomic E-state index is 0.249. The number of ether oxygens (including phenoxy) is 1. The maximum absolute atomic E-state index is 5.48. The molecule has 0 radical (unpaired) electrons. The van der Waals surface area contributed by atoms with Crippen LogP contribution in [0, 0.1) is 6.92 Å². The van der Waals surface area contributed by atoms with Crippen molar-refractivity contribution in [3.05, 3.63) is 29.3 Å². The molecule has 1 aromatic rings. The Balaban J connectivity index is 2.24. The van der Waals surface area contributed by atoms with Crippen molar-refractivity contribution in [2.45, 2.75) is 39.2 Å². The molecule has 0 fully saturated rings. The molecule has 0 bridgehead atoms. The van der Waals surface area contributed by atoms with Gasteiger partial charge in [-0.1, -0.05) is 6.92 Å². The summed E-state index contributed by atoms with van der Waals surface area (Å²) in [5, 5.41) is 7.96. The summed E-state index contributed by atoms with van der Waals surface area (Å²) in [6.07, 6.45) is 7.25. The fraction of sp³-hybridized carbons (Fsp3) is 0.643. The Kier molecular flexibility index (Phi) is 4.42. The largest absolute Gasteiger partial charge is 0.501 e. The molecular weight excluding hydrogens is 226 g/mol. The number of hydrogen-bond donors (Lipinski definition) is 1. The molecule has 1 N–H and O–H groups in total. The molecule has 1 aromatic heterocycles. The molecule has 0 aromatic carbocycles. The van der Waals surface area contributed by atoms with E-state index in [0.717, 1.165) is 32.4 Å². The van der Waals surface area contributed by atoms with E-state index in [1.807, 2.05) is 24.2 Å². The molecule has 1 atom stereocenters. The van der Waals surface area contributed by atoms with Crippen molar-refractivity contribution in [3.8, 4) is 0 Å². The summed E-state index contributed by atoms with van der Waals surface area (Å²) >= 11 is 0. The third-order valence-corrected chi connectivity index (χ3v) is 3.52. The molecule has 1 aliphatic heterocycles. The van der Waals surface area contributed by atoms with Gasteiger partial charge in [0, 0.05) is 18.3 Å². The Morgan fingerprint density at radius 1 is 1.56 bits per heavy atom. The van der Waals surface area contributed by atoms with Crippen LogP contribution in [0.3, 0.4) is 0 Å². The predicted molar refractivity (Wildman–Crippen MR) is 72.2 cm³/mol. The fourth-order valence-electron chi connectivity index (χ4n) is 2.33.